The minimum absolute atomic E-state index is 0.00495. The molecule has 2 N–H and O–H groups in total. The Balaban J connectivity index is 2.39. The fourth-order valence-electron chi connectivity index (χ4n) is 2.06. The summed E-state index contributed by atoms with van der Waals surface area (Å²) in [5.74, 6) is 3.72. The summed E-state index contributed by atoms with van der Waals surface area (Å²) in [5.41, 5.74) is 0. The molecule has 1 atom stereocenters. The Labute approximate surface area is 150 Å². The van der Waals surface area contributed by atoms with Gasteiger partial charge in [-0.25, -0.2) is 4.99 Å². The van der Waals surface area contributed by atoms with Gasteiger partial charge in [-0.3, -0.25) is 0 Å². The Bertz CT molecular complexity index is 466. The number of rotatable bonds is 11. The highest BCUT2D eigenvalue weighted by molar-refractivity contribution is 7.98. The Kier molecular flexibility index (Phi) is 10.9. The van der Waals surface area contributed by atoms with Crippen molar-refractivity contribution in [3.05, 3.63) is 24.3 Å². The van der Waals surface area contributed by atoms with E-state index in [1.54, 1.807) is 7.11 Å². The molecule has 1 aromatic carbocycles. The third-order valence-electron chi connectivity index (χ3n) is 3.32. The molecule has 0 spiro atoms. The summed E-state index contributed by atoms with van der Waals surface area (Å²) in [6.45, 7) is 6.49. The molecule has 0 fully saturated rings. The molecule has 1 aromatic rings. The minimum Gasteiger partial charge on any atom is -0.497 e. The van der Waals surface area contributed by atoms with Crippen LogP contribution in [0.5, 0.6) is 11.5 Å². The van der Waals surface area contributed by atoms with Crippen molar-refractivity contribution in [3.63, 3.8) is 0 Å². The molecule has 0 aliphatic heterocycles. The van der Waals surface area contributed by atoms with Gasteiger partial charge in [-0.15, -0.1) is 0 Å². The summed E-state index contributed by atoms with van der Waals surface area (Å²) in [7, 11) is 1.66. The zero-order valence-electron chi connectivity index (χ0n) is 15.3. The highest BCUT2D eigenvalue weighted by atomic mass is 32.2. The van der Waals surface area contributed by atoms with Gasteiger partial charge in [0.25, 0.3) is 0 Å². The van der Waals surface area contributed by atoms with Crippen LogP contribution in [-0.2, 0) is 0 Å². The lowest BCUT2D eigenvalue weighted by Gasteiger charge is -2.15. The molecule has 0 bridgehead atoms. The molecule has 0 aliphatic rings. The highest BCUT2D eigenvalue weighted by Gasteiger charge is 2.05. The molecule has 0 heterocycles. The average molecular weight is 354 g/mol. The van der Waals surface area contributed by atoms with Crippen molar-refractivity contribution in [2.24, 2.45) is 4.99 Å². The van der Waals surface area contributed by atoms with E-state index in [1.165, 1.54) is 12.2 Å². The van der Waals surface area contributed by atoms with Gasteiger partial charge < -0.3 is 20.1 Å². The van der Waals surface area contributed by atoms with E-state index in [9.17, 15) is 0 Å². The average Bonchev–Trinajstić information content (AvgIpc) is 2.60. The Morgan fingerprint density at radius 2 is 1.88 bits per heavy atom. The van der Waals surface area contributed by atoms with E-state index in [2.05, 4.69) is 28.8 Å². The van der Waals surface area contributed by atoms with Gasteiger partial charge in [-0.1, -0.05) is 0 Å². The van der Waals surface area contributed by atoms with E-state index in [4.69, 9.17) is 9.47 Å². The molecule has 0 aromatic heterocycles. The van der Waals surface area contributed by atoms with E-state index in [-0.39, 0.29) is 6.10 Å². The molecule has 6 heteroatoms. The lowest BCUT2D eigenvalue weighted by Crippen LogP contribution is -2.38. The van der Waals surface area contributed by atoms with Crippen molar-refractivity contribution in [1.82, 2.24) is 10.6 Å². The number of unbranched alkanes of at least 4 members (excludes halogenated alkanes) is 1. The molecule has 24 heavy (non-hydrogen) atoms. The van der Waals surface area contributed by atoms with E-state index >= 15 is 0 Å². The third-order valence-corrected chi connectivity index (χ3v) is 4.01. The molecular weight excluding hydrogens is 322 g/mol. The summed E-state index contributed by atoms with van der Waals surface area (Å²) in [6, 6.07) is 7.61. The van der Waals surface area contributed by atoms with Gasteiger partial charge >= 0.3 is 0 Å². The van der Waals surface area contributed by atoms with Crippen LogP contribution in [0.15, 0.2) is 29.3 Å². The summed E-state index contributed by atoms with van der Waals surface area (Å²) >= 11 is 1.89. The normalized spacial score (nSPS) is 12.6. The van der Waals surface area contributed by atoms with Gasteiger partial charge in [-0.05, 0) is 63.0 Å². The van der Waals surface area contributed by atoms with Crippen LogP contribution in [0.2, 0.25) is 0 Å². The number of benzene rings is 1. The smallest absolute Gasteiger partial charge is 0.191 e. The largest absolute Gasteiger partial charge is 0.497 e. The molecule has 0 saturated heterocycles. The van der Waals surface area contributed by atoms with Crippen LogP contribution in [0.25, 0.3) is 0 Å². The number of hydrogen-bond donors (Lipinski definition) is 2. The first kappa shape index (κ1) is 20.5. The molecule has 0 amide bonds. The van der Waals surface area contributed by atoms with Crippen LogP contribution in [-0.4, -0.2) is 50.8 Å². The van der Waals surface area contributed by atoms with E-state index in [0.717, 1.165) is 37.0 Å². The predicted molar refractivity (Wildman–Crippen MR) is 105 cm³/mol. The maximum absolute atomic E-state index is 5.88. The Morgan fingerprint density at radius 3 is 2.50 bits per heavy atom. The first-order valence-electron chi connectivity index (χ1n) is 8.51. The first-order valence-corrected chi connectivity index (χ1v) is 9.90. The van der Waals surface area contributed by atoms with Crippen molar-refractivity contribution >= 4 is 17.7 Å². The van der Waals surface area contributed by atoms with Crippen LogP contribution in [0.1, 0.15) is 26.7 Å². The predicted octanol–water partition coefficient (Wildman–Crippen LogP) is 3.16. The highest BCUT2D eigenvalue weighted by Crippen LogP contribution is 2.18. The summed E-state index contributed by atoms with van der Waals surface area (Å²) in [6.07, 6.45) is 4.53. The fourth-order valence-corrected chi connectivity index (χ4v) is 2.56. The number of methoxy groups -OCH3 is 1. The third kappa shape index (κ3) is 8.91. The number of nitrogens with zero attached hydrogens (tertiary/aromatic N) is 1. The van der Waals surface area contributed by atoms with Crippen LogP contribution in [0.4, 0.5) is 0 Å². The molecule has 0 saturated carbocycles. The van der Waals surface area contributed by atoms with Crippen LogP contribution in [0, 0.1) is 0 Å². The Hall–Kier alpha value is -1.56. The van der Waals surface area contributed by atoms with Crippen molar-refractivity contribution in [2.45, 2.75) is 32.8 Å². The zero-order chi connectivity index (χ0) is 17.6. The second-order valence-corrected chi connectivity index (χ2v) is 6.44. The van der Waals surface area contributed by atoms with E-state index in [0.29, 0.717) is 6.54 Å². The van der Waals surface area contributed by atoms with Crippen LogP contribution in [0.3, 0.4) is 0 Å². The van der Waals surface area contributed by atoms with Gasteiger partial charge in [0.05, 0.1) is 13.7 Å². The summed E-state index contributed by atoms with van der Waals surface area (Å²) in [5, 5.41) is 6.64. The van der Waals surface area contributed by atoms with Crippen molar-refractivity contribution in [2.75, 3.05) is 38.8 Å². The van der Waals surface area contributed by atoms with Crippen molar-refractivity contribution < 1.29 is 9.47 Å². The van der Waals surface area contributed by atoms with E-state index in [1.807, 2.05) is 43.0 Å². The van der Waals surface area contributed by atoms with Gasteiger partial charge in [0.2, 0.25) is 0 Å². The lowest BCUT2D eigenvalue weighted by atomic mass is 10.3. The van der Waals surface area contributed by atoms with Gasteiger partial charge in [0.15, 0.2) is 5.96 Å². The van der Waals surface area contributed by atoms with Crippen LogP contribution >= 0.6 is 11.8 Å². The number of guanidine groups is 1. The van der Waals surface area contributed by atoms with Gasteiger partial charge in [0.1, 0.15) is 17.6 Å². The van der Waals surface area contributed by atoms with Crippen molar-refractivity contribution in [1.29, 1.82) is 0 Å². The number of hydrogen-bond acceptors (Lipinski definition) is 4. The standard InChI is InChI=1S/C18H31N3O2S/c1-5-19-18(20-12-6-7-13-24-4)21-14-15(2)23-17-10-8-16(22-3)9-11-17/h8-11,15H,5-7,12-14H2,1-4H3,(H2,19,20,21). The lowest BCUT2D eigenvalue weighted by molar-refractivity contribution is 0.230. The molecule has 0 radical (unpaired) electrons. The molecule has 0 aliphatic carbocycles. The molecule has 136 valence electrons. The number of aliphatic imine (C=N–C) groups is 1. The molecular formula is C18H31N3O2S. The van der Waals surface area contributed by atoms with E-state index < -0.39 is 0 Å². The van der Waals surface area contributed by atoms with Gasteiger partial charge in [0, 0.05) is 13.1 Å². The maximum atomic E-state index is 5.88. The summed E-state index contributed by atoms with van der Waals surface area (Å²) < 4.78 is 11.0. The SMILES string of the molecule is CCNC(=NCC(C)Oc1ccc(OC)cc1)NCCCCSC. The zero-order valence-corrected chi connectivity index (χ0v) is 16.1. The van der Waals surface area contributed by atoms with Crippen LogP contribution < -0.4 is 20.1 Å². The molecule has 5 nitrogen and oxygen atoms in total. The Morgan fingerprint density at radius 1 is 1.17 bits per heavy atom. The van der Waals surface area contributed by atoms with Gasteiger partial charge in [-0.2, -0.15) is 11.8 Å². The minimum atomic E-state index is 0.00495. The fraction of sp³-hybridized carbons (Fsp3) is 0.611. The number of nitrogens with one attached hydrogen (secondary N) is 2. The number of thioether (sulfide) groups is 1. The quantitative estimate of drug-likeness (QED) is 0.364. The maximum Gasteiger partial charge on any atom is 0.191 e. The summed E-state index contributed by atoms with van der Waals surface area (Å²) in [4.78, 5) is 4.60. The van der Waals surface area contributed by atoms with Crippen molar-refractivity contribution in [3.8, 4) is 11.5 Å². The second kappa shape index (κ2) is 12.8. The monoisotopic (exact) mass is 353 g/mol. The first-order chi connectivity index (χ1) is 11.7. The topological polar surface area (TPSA) is 54.9 Å². The second-order valence-electron chi connectivity index (χ2n) is 5.45. The molecule has 1 rings (SSSR count). The number of ether oxygens (including phenoxy) is 2. The molecule has 1 unspecified atom stereocenters.